The molecule has 0 spiro atoms. The van der Waals surface area contributed by atoms with Crippen LogP contribution in [0, 0.1) is 11.3 Å². The monoisotopic (exact) mass is 239 g/mol. The fourth-order valence-electron chi connectivity index (χ4n) is 1.07. The summed E-state index contributed by atoms with van der Waals surface area (Å²) in [6.07, 6.45) is 1.44. The van der Waals surface area contributed by atoms with Crippen molar-refractivity contribution < 1.29 is 9.53 Å². The molecule has 1 aromatic heterocycles. The number of carbonyl (C=O) groups is 1. The third-order valence-electron chi connectivity index (χ3n) is 1.92. The summed E-state index contributed by atoms with van der Waals surface area (Å²) in [6.45, 7) is 1.61. The Bertz CT molecular complexity index is 442. The van der Waals surface area contributed by atoms with Gasteiger partial charge in [-0.2, -0.15) is 5.26 Å². The Morgan fingerprint density at radius 2 is 2.44 bits per heavy atom. The van der Waals surface area contributed by atoms with Gasteiger partial charge in [-0.25, -0.2) is 9.78 Å². The van der Waals surface area contributed by atoms with Crippen LogP contribution in [0.1, 0.15) is 12.5 Å². The number of ether oxygens (including phenoxy) is 1. The molecule has 0 radical (unpaired) electrons. The molecular formula is C10H10ClN3O2. The first-order valence-electron chi connectivity index (χ1n) is 4.49. The maximum Gasteiger partial charge on any atom is 0.328 e. The Kier molecular flexibility index (Phi) is 4.09. The van der Waals surface area contributed by atoms with Crippen molar-refractivity contribution in [2.75, 3.05) is 12.4 Å². The summed E-state index contributed by atoms with van der Waals surface area (Å²) >= 11 is 5.90. The van der Waals surface area contributed by atoms with E-state index >= 15 is 0 Å². The molecule has 5 nitrogen and oxygen atoms in total. The molecule has 1 aromatic rings. The summed E-state index contributed by atoms with van der Waals surface area (Å²) in [5.41, 5.74) is 0.302. The minimum atomic E-state index is -0.580. The topological polar surface area (TPSA) is 75.0 Å². The summed E-state index contributed by atoms with van der Waals surface area (Å²) in [6, 6.07) is 2.84. The number of pyridine rings is 1. The third kappa shape index (κ3) is 2.61. The molecule has 0 bridgehead atoms. The predicted molar refractivity (Wildman–Crippen MR) is 59.1 cm³/mol. The van der Waals surface area contributed by atoms with Gasteiger partial charge in [-0.1, -0.05) is 11.6 Å². The lowest BCUT2D eigenvalue weighted by Gasteiger charge is -2.13. The molecule has 0 fully saturated rings. The van der Waals surface area contributed by atoms with Crippen LogP contribution < -0.4 is 5.32 Å². The van der Waals surface area contributed by atoms with Gasteiger partial charge in [-0.15, -0.1) is 0 Å². The summed E-state index contributed by atoms with van der Waals surface area (Å²) < 4.78 is 4.54. The van der Waals surface area contributed by atoms with E-state index in [0.29, 0.717) is 11.4 Å². The number of hydrogen-bond donors (Lipinski definition) is 1. The Morgan fingerprint density at radius 1 is 1.75 bits per heavy atom. The molecule has 0 aliphatic carbocycles. The van der Waals surface area contributed by atoms with Crippen molar-refractivity contribution in [3.63, 3.8) is 0 Å². The second-order valence-corrected chi connectivity index (χ2v) is 3.40. The fourth-order valence-corrected chi connectivity index (χ4v) is 1.28. The number of nitrogens with zero attached hydrogens (tertiary/aromatic N) is 2. The fraction of sp³-hybridized carbons (Fsp3) is 0.300. The van der Waals surface area contributed by atoms with Gasteiger partial charge in [0, 0.05) is 6.20 Å². The molecule has 0 aliphatic rings. The van der Waals surface area contributed by atoms with Crippen LogP contribution in [-0.4, -0.2) is 24.1 Å². The highest BCUT2D eigenvalue weighted by atomic mass is 35.5. The normalized spacial score (nSPS) is 11.4. The summed E-state index contributed by atoms with van der Waals surface area (Å²) in [5, 5.41) is 11.7. The second kappa shape index (κ2) is 5.33. The first-order chi connectivity index (χ1) is 7.60. The van der Waals surface area contributed by atoms with Crippen LogP contribution in [0.4, 0.5) is 5.82 Å². The minimum Gasteiger partial charge on any atom is -0.467 e. The zero-order chi connectivity index (χ0) is 12.1. The number of hydrogen-bond acceptors (Lipinski definition) is 5. The average Bonchev–Trinajstić information content (AvgIpc) is 2.30. The average molecular weight is 240 g/mol. The van der Waals surface area contributed by atoms with Gasteiger partial charge in [-0.05, 0) is 13.0 Å². The number of nitrogens with one attached hydrogen (secondary N) is 1. The SMILES string of the molecule is COC(=O)C(C)Nc1nccc(C#N)c1Cl. The van der Waals surface area contributed by atoms with Crippen LogP contribution in [-0.2, 0) is 9.53 Å². The standard InChI is InChI=1S/C10H10ClN3O2/c1-6(10(15)16-2)14-9-8(11)7(5-12)3-4-13-9/h3-4,6H,1-2H3,(H,13,14). The van der Waals surface area contributed by atoms with Crippen LogP contribution in [0.25, 0.3) is 0 Å². The van der Waals surface area contributed by atoms with Gasteiger partial charge in [0.05, 0.1) is 12.7 Å². The van der Waals surface area contributed by atoms with Crippen LogP contribution in [0.15, 0.2) is 12.3 Å². The Hall–Kier alpha value is -1.80. The van der Waals surface area contributed by atoms with Crippen molar-refractivity contribution in [2.24, 2.45) is 0 Å². The van der Waals surface area contributed by atoms with Crippen molar-refractivity contribution in [1.29, 1.82) is 5.26 Å². The van der Waals surface area contributed by atoms with Gasteiger partial charge in [0.15, 0.2) is 0 Å². The molecule has 0 aliphatic heterocycles. The largest absolute Gasteiger partial charge is 0.467 e. The Morgan fingerprint density at radius 3 is 3.00 bits per heavy atom. The lowest BCUT2D eigenvalue weighted by atomic mass is 10.2. The van der Waals surface area contributed by atoms with E-state index in [0.717, 1.165) is 0 Å². The molecule has 1 unspecified atom stereocenters. The molecule has 6 heteroatoms. The molecule has 1 N–H and O–H groups in total. The van der Waals surface area contributed by atoms with Crippen molar-refractivity contribution in [2.45, 2.75) is 13.0 Å². The third-order valence-corrected chi connectivity index (χ3v) is 2.30. The number of carbonyl (C=O) groups excluding carboxylic acids is 1. The summed E-state index contributed by atoms with van der Waals surface area (Å²) in [7, 11) is 1.29. The Labute approximate surface area is 98.0 Å². The maximum absolute atomic E-state index is 11.2. The minimum absolute atomic E-state index is 0.195. The van der Waals surface area contributed by atoms with Crippen LogP contribution >= 0.6 is 11.6 Å². The quantitative estimate of drug-likeness (QED) is 0.811. The lowest BCUT2D eigenvalue weighted by molar-refractivity contribution is -0.141. The van der Waals surface area contributed by atoms with E-state index in [4.69, 9.17) is 16.9 Å². The first-order valence-corrected chi connectivity index (χ1v) is 4.87. The van der Waals surface area contributed by atoms with Gasteiger partial charge in [0.1, 0.15) is 23.0 Å². The lowest BCUT2D eigenvalue weighted by Crippen LogP contribution is -2.27. The Balaban J connectivity index is 2.90. The van der Waals surface area contributed by atoms with E-state index < -0.39 is 12.0 Å². The highest BCUT2D eigenvalue weighted by molar-refractivity contribution is 6.34. The molecule has 1 atom stereocenters. The van der Waals surface area contributed by atoms with Gasteiger partial charge in [0.2, 0.25) is 0 Å². The van der Waals surface area contributed by atoms with E-state index in [9.17, 15) is 4.79 Å². The molecule has 1 heterocycles. The van der Waals surface area contributed by atoms with Crippen molar-refractivity contribution >= 4 is 23.4 Å². The van der Waals surface area contributed by atoms with Gasteiger partial charge in [-0.3, -0.25) is 0 Å². The van der Waals surface area contributed by atoms with E-state index in [2.05, 4.69) is 15.0 Å². The number of aromatic nitrogens is 1. The molecule has 0 saturated carbocycles. The van der Waals surface area contributed by atoms with Crippen molar-refractivity contribution in [3.05, 3.63) is 22.8 Å². The van der Waals surface area contributed by atoms with Crippen molar-refractivity contribution in [1.82, 2.24) is 4.98 Å². The van der Waals surface area contributed by atoms with Crippen LogP contribution in [0.2, 0.25) is 5.02 Å². The first kappa shape index (κ1) is 12.3. The highest BCUT2D eigenvalue weighted by Gasteiger charge is 2.15. The second-order valence-electron chi connectivity index (χ2n) is 3.02. The molecular weight excluding hydrogens is 230 g/mol. The smallest absolute Gasteiger partial charge is 0.328 e. The molecule has 0 aromatic carbocycles. The zero-order valence-corrected chi connectivity index (χ0v) is 9.58. The maximum atomic E-state index is 11.2. The van der Waals surface area contributed by atoms with Crippen molar-refractivity contribution in [3.8, 4) is 6.07 Å². The van der Waals surface area contributed by atoms with E-state index in [1.54, 1.807) is 6.92 Å². The number of esters is 1. The number of methoxy groups -OCH3 is 1. The molecule has 84 valence electrons. The van der Waals surface area contributed by atoms with Crippen LogP contribution in [0.5, 0.6) is 0 Å². The summed E-state index contributed by atoms with van der Waals surface area (Å²) in [5.74, 6) is -0.140. The molecule has 0 amide bonds. The van der Waals surface area contributed by atoms with Gasteiger partial charge >= 0.3 is 5.97 Å². The number of anilines is 1. The predicted octanol–water partition coefficient (Wildman–Crippen LogP) is 1.58. The van der Waals surface area contributed by atoms with Gasteiger partial charge < -0.3 is 10.1 Å². The number of nitriles is 1. The number of halogens is 1. The van der Waals surface area contributed by atoms with E-state index in [1.807, 2.05) is 6.07 Å². The molecule has 16 heavy (non-hydrogen) atoms. The van der Waals surface area contributed by atoms with E-state index in [1.165, 1.54) is 19.4 Å². The summed E-state index contributed by atoms with van der Waals surface area (Å²) in [4.78, 5) is 15.1. The molecule has 0 saturated heterocycles. The van der Waals surface area contributed by atoms with E-state index in [-0.39, 0.29) is 5.02 Å². The highest BCUT2D eigenvalue weighted by Crippen LogP contribution is 2.23. The van der Waals surface area contributed by atoms with Crippen LogP contribution in [0.3, 0.4) is 0 Å². The zero-order valence-electron chi connectivity index (χ0n) is 8.82. The molecule has 1 rings (SSSR count). The van der Waals surface area contributed by atoms with Gasteiger partial charge in [0.25, 0.3) is 0 Å². The number of rotatable bonds is 3.